The van der Waals surface area contributed by atoms with E-state index in [0.29, 0.717) is 52.3 Å². The van der Waals surface area contributed by atoms with Gasteiger partial charge in [0.05, 0.1) is 12.2 Å². The van der Waals surface area contributed by atoms with Crippen molar-refractivity contribution in [2.75, 3.05) is 37.8 Å². The summed E-state index contributed by atoms with van der Waals surface area (Å²) in [6.45, 7) is 3.47. The van der Waals surface area contributed by atoms with Crippen LogP contribution in [0, 0.1) is 18.8 Å². The minimum absolute atomic E-state index is 0.380. The summed E-state index contributed by atoms with van der Waals surface area (Å²) in [6, 6.07) is 5.99. The fourth-order valence-corrected chi connectivity index (χ4v) is 5.93. The third kappa shape index (κ3) is 3.78. The molecule has 35 heavy (non-hydrogen) atoms. The third-order valence-electron chi connectivity index (χ3n) is 7.44. The Morgan fingerprint density at radius 2 is 1.86 bits per heavy atom. The number of hydrogen-bond donors (Lipinski definition) is 2. The lowest BCUT2D eigenvalue weighted by Gasteiger charge is -2.36. The van der Waals surface area contributed by atoms with Crippen LogP contribution in [0.15, 0.2) is 24.4 Å². The fraction of sp³-hybridized carbons (Fsp3) is 0.500. The van der Waals surface area contributed by atoms with Gasteiger partial charge in [0, 0.05) is 37.9 Å². The van der Waals surface area contributed by atoms with Crippen LogP contribution >= 0.6 is 0 Å². The summed E-state index contributed by atoms with van der Waals surface area (Å²) in [7, 11) is 4.03. The zero-order valence-corrected chi connectivity index (χ0v) is 20.0. The second kappa shape index (κ2) is 8.40. The van der Waals surface area contributed by atoms with Crippen LogP contribution in [-0.4, -0.2) is 73.7 Å². The lowest BCUT2D eigenvalue weighted by atomic mass is 9.93. The standard InChI is InChI=1S/C24H29F2N9/c1-13-28-18-7-6-17(29-23(18)34(13)12-19(25)26)16-8-9-35-21(16)22(27-2)31-24(32-35)30-20-14-4-5-15(20)11-33(3)10-14/h6-9,14-15,19-20H,4-5,10-12H2,1-3H3,(H2,27,30,31,32). The van der Waals surface area contributed by atoms with E-state index in [2.05, 4.69) is 27.6 Å². The first-order chi connectivity index (χ1) is 16.9. The number of halogens is 2. The first-order valence-electron chi connectivity index (χ1n) is 12.1. The zero-order valence-electron chi connectivity index (χ0n) is 20.0. The first kappa shape index (κ1) is 22.1. The highest BCUT2D eigenvalue weighted by Gasteiger charge is 2.41. The van der Waals surface area contributed by atoms with Crippen LogP contribution in [0.1, 0.15) is 18.7 Å². The minimum atomic E-state index is -2.48. The molecule has 0 spiro atoms. The number of nitrogens with one attached hydrogen (secondary N) is 2. The van der Waals surface area contributed by atoms with Crippen molar-refractivity contribution >= 4 is 28.4 Å². The molecule has 6 rings (SSSR count). The maximum atomic E-state index is 13.2. The van der Waals surface area contributed by atoms with Crippen molar-refractivity contribution in [2.24, 2.45) is 11.8 Å². The number of pyridine rings is 1. The molecule has 11 heteroatoms. The summed E-state index contributed by atoms with van der Waals surface area (Å²) in [4.78, 5) is 16.3. The molecule has 1 saturated carbocycles. The van der Waals surface area contributed by atoms with Crippen molar-refractivity contribution < 1.29 is 8.78 Å². The molecule has 2 aliphatic rings. The predicted octanol–water partition coefficient (Wildman–Crippen LogP) is 3.51. The summed E-state index contributed by atoms with van der Waals surface area (Å²) in [5.74, 6) is 3.01. The zero-order chi connectivity index (χ0) is 24.3. The molecular formula is C24H29F2N9. The lowest BCUT2D eigenvalue weighted by Crippen LogP contribution is -2.46. The number of likely N-dealkylation sites (tertiary alicyclic amines) is 1. The average Bonchev–Trinajstić information content (AvgIpc) is 3.45. The minimum Gasteiger partial charge on any atom is -0.371 e. The smallest absolute Gasteiger partial charge is 0.256 e. The van der Waals surface area contributed by atoms with E-state index in [1.54, 1.807) is 11.4 Å². The van der Waals surface area contributed by atoms with E-state index in [0.717, 1.165) is 24.2 Å². The van der Waals surface area contributed by atoms with Crippen molar-refractivity contribution in [1.29, 1.82) is 0 Å². The third-order valence-corrected chi connectivity index (χ3v) is 7.44. The molecule has 1 saturated heterocycles. The second-order valence-electron chi connectivity index (χ2n) is 9.75. The maximum absolute atomic E-state index is 13.2. The highest BCUT2D eigenvalue weighted by Crippen LogP contribution is 2.38. The Kier molecular flexibility index (Phi) is 5.32. The molecule has 4 aromatic rings. The Balaban J connectivity index is 1.38. The summed E-state index contributed by atoms with van der Waals surface area (Å²) in [5.41, 5.74) is 3.31. The number of anilines is 2. The lowest BCUT2D eigenvalue weighted by molar-refractivity contribution is 0.127. The van der Waals surface area contributed by atoms with Crippen molar-refractivity contribution in [1.82, 2.24) is 34.0 Å². The molecule has 2 atom stereocenters. The number of rotatable bonds is 6. The summed E-state index contributed by atoms with van der Waals surface area (Å²) in [5, 5.41) is 11.6. The number of piperidine rings is 1. The van der Waals surface area contributed by atoms with Crippen LogP contribution < -0.4 is 10.6 Å². The van der Waals surface area contributed by atoms with Crippen LogP contribution in [0.4, 0.5) is 20.5 Å². The van der Waals surface area contributed by atoms with Gasteiger partial charge in [-0.1, -0.05) is 0 Å². The molecule has 2 N–H and O–H groups in total. The van der Waals surface area contributed by atoms with Crippen LogP contribution in [-0.2, 0) is 6.54 Å². The van der Waals surface area contributed by atoms with Gasteiger partial charge in [-0.25, -0.2) is 23.3 Å². The highest BCUT2D eigenvalue weighted by molar-refractivity contribution is 5.89. The Labute approximate surface area is 201 Å². The van der Waals surface area contributed by atoms with E-state index in [1.807, 2.05) is 31.4 Å². The Morgan fingerprint density at radius 3 is 2.57 bits per heavy atom. The molecule has 2 unspecified atom stereocenters. The van der Waals surface area contributed by atoms with Gasteiger partial charge in [0.1, 0.15) is 16.9 Å². The largest absolute Gasteiger partial charge is 0.371 e. The molecule has 0 amide bonds. The number of imidazole rings is 1. The maximum Gasteiger partial charge on any atom is 0.256 e. The number of hydrogen-bond acceptors (Lipinski definition) is 7. The van der Waals surface area contributed by atoms with Gasteiger partial charge >= 0.3 is 0 Å². The average molecular weight is 482 g/mol. The van der Waals surface area contributed by atoms with Gasteiger partial charge < -0.3 is 20.1 Å². The van der Waals surface area contributed by atoms with Gasteiger partial charge in [0.15, 0.2) is 11.5 Å². The Morgan fingerprint density at radius 1 is 1.09 bits per heavy atom. The topological polar surface area (TPSA) is 88.2 Å². The van der Waals surface area contributed by atoms with E-state index in [4.69, 9.17) is 15.1 Å². The molecule has 2 fully saturated rings. The molecule has 184 valence electrons. The Hall–Kier alpha value is -3.34. The molecule has 4 aromatic heterocycles. The van der Waals surface area contributed by atoms with E-state index in [1.165, 1.54) is 17.4 Å². The van der Waals surface area contributed by atoms with E-state index in [9.17, 15) is 8.78 Å². The fourth-order valence-electron chi connectivity index (χ4n) is 5.93. The summed E-state index contributed by atoms with van der Waals surface area (Å²) in [6.07, 6.45) is 1.87. The number of alkyl halides is 2. The molecule has 5 heterocycles. The van der Waals surface area contributed by atoms with Crippen LogP contribution in [0.3, 0.4) is 0 Å². The van der Waals surface area contributed by atoms with E-state index < -0.39 is 13.0 Å². The van der Waals surface area contributed by atoms with Gasteiger partial charge in [-0.15, -0.1) is 5.10 Å². The van der Waals surface area contributed by atoms with Crippen molar-refractivity contribution in [2.45, 2.75) is 38.8 Å². The number of aromatic nitrogens is 6. The molecule has 0 radical (unpaired) electrons. The Bertz CT molecular complexity index is 1380. The monoisotopic (exact) mass is 481 g/mol. The van der Waals surface area contributed by atoms with Crippen LogP contribution in [0.5, 0.6) is 0 Å². The molecule has 0 aromatic carbocycles. The highest BCUT2D eigenvalue weighted by atomic mass is 19.3. The second-order valence-corrected chi connectivity index (χ2v) is 9.75. The number of nitrogens with zero attached hydrogens (tertiary/aromatic N) is 7. The van der Waals surface area contributed by atoms with Crippen molar-refractivity contribution in [3.05, 3.63) is 30.2 Å². The quantitative estimate of drug-likeness (QED) is 0.436. The predicted molar refractivity (Wildman–Crippen MR) is 131 cm³/mol. The molecule has 2 bridgehead atoms. The molecule has 1 aliphatic carbocycles. The number of aryl methyl sites for hydroxylation is 1. The van der Waals surface area contributed by atoms with Crippen molar-refractivity contribution in [3.63, 3.8) is 0 Å². The van der Waals surface area contributed by atoms with Gasteiger partial charge in [0.25, 0.3) is 6.43 Å². The normalized spacial score (nSPS) is 22.5. The van der Waals surface area contributed by atoms with E-state index >= 15 is 0 Å². The molecule has 9 nitrogen and oxygen atoms in total. The summed E-state index contributed by atoms with van der Waals surface area (Å²) < 4.78 is 29.6. The van der Waals surface area contributed by atoms with E-state index in [-0.39, 0.29) is 0 Å². The van der Waals surface area contributed by atoms with Crippen LogP contribution in [0.2, 0.25) is 0 Å². The van der Waals surface area contributed by atoms with Crippen molar-refractivity contribution in [3.8, 4) is 11.3 Å². The van der Waals surface area contributed by atoms with Crippen LogP contribution in [0.25, 0.3) is 27.9 Å². The molecular weight excluding hydrogens is 452 g/mol. The molecule has 1 aliphatic heterocycles. The van der Waals surface area contributed by atoms with Gasteiger partial charge in [-0.3, -0.25) is 0 Å². The summed E-state index contributed by atoms with van der Waals surface area (Å²) >= 11 is 0. The first-order valence-corrected chi connectivity index (χ1v) is 12.1. The van der Waals surface area contributed by atoms with Gasteiger partial charge in [-0.05, 0) is 56.8 Å². The van der Waals surface area contributed by atoms with Gasteiger partial charge in [0.2, 0.25) is 5.95 Å². The number of fused-ring (bicyclic) bond motifs is 4. The van der Waals surface area contributed by atoms with Gasteiger partial charge in [-0.2, -0.15) is 4.98 Å². The SMILES string of the molecule is CNc1nc(NC2C3CCC2CN(C)C3)nn2ccc(-c3ccc4nc(C)n(CC(F)F)c4n3)c12.